The second-order valence-corrected chi connectivity index (χ2v) is 6.34. The Morgan fingerprint density at radius 3 is 2.39 bits per heavy atom. The van der Waals surface area contributed by atoms with Crippen LogP contribution in [0.2, 0.25) is 0 Å². The molecule has 1 amide bonds. The molecule has 1 atom stereocenters. The number of nitrogens with one attached hydrogen (secondary N) is 1. The number of fused-ring (bicyclic) bond motifs is 1. The zero-order chi connectivity index (χ0) is 20.1. The molecule has 2 aromatic rings. The number of aliphatic hydroxyl groups excluding tert-OH is 3. The Morgan fingerprint density at radius 2 is 1.79 bits per heavy atom. The lowest BCUT2D eigenvalue weighted by molar-refractivity contribution is 0.0685. The fourth-order valence-corrected chi connectivity index (χ4v) is 3.19. The summed E-state index contributed by atoms with van der Waals surface area (Å²) in [7, 11) is 0. The maximum absolute atomic E-state index is 12.5. The molecule has 0 aromatic heterocycles. The highest BCUT2D eigenvalue weighted by Gasteiger charge is 2.21. The predicted molar refractivity (Wildman–Crippen MR) is 104 cm³/mol. The van der Waals surface area contributed by atoms with Crippen molar-refractivity contribution in [2.45, 2.75) is 6.23 Å². The standard InChI is InChI=1S/C21H21N3O4/c22-13-16-2-1-3-17-18(16)12-19(23-20(17)27)14-4-6-15(7-5-14)21(28)24(8-10-25)9-11-26/h1-7,12,20,23,25-27H,8-11H2. The van der Waals surface area contributed by atoms with E-state index in [1.807, 2.05) is 0 Å². The number of nitrogens with zero attached hydrogens (tertiary/aromatic N) is 2. The molecule has 0 fully saturated rings. The molecule has 7 nitrogen and oxygen atoms in total. The third kappa shape index (κ3) is 3.89. The number of hydrogen-bond donors (Lipinski definition) is 4. The smallest absolute Gasteiger partial charge is 0.254 e. The lowest BCUT2D eigenvalue weighted by Crippen LogP contribution is -2.35. The Kier molecular flexibility index (Phi) is 6.06. The van der Waals surface area contributed by atoms with E-state index < -0.39 is 6.23 Å². The number of amides is 1. The molecule has 144 valence electrons. The van der Waals surface area contributed by atoms with Crippen molar-refractivity contribution < 1.29 is 20.1 Å². The van der Waals surface area contributed by atoms with Gasteiger partial charge in [-0.05, 0) is 29.8 Å². The molecule has 1 aliphatic rings. The highest BCUT2D eigenvalue weighted by atomic mass is 16.3. The topological polar surface area (TPSA) is 117 Å². The molecule has 28 heavy (non-hydrogen) atoms. The second kappa shape index (κ2) is 8.67. The molecule has 3 rings (SSSR count). The van der Waals surface area contributed by atoms with E-state index >= 15 is 0 Å². The minimum absolute atomic E-state index is 0.147. The first-order chi connectivity index (χ1) is 13.6. The number of aliphatic hydroxyl groups is 3. The molecular weight excluding hydrogens is 358 g/mol. The summed E-state index contributed by atoms with van der Waals surface area (Å²) in [4.78, 5) is 13.9. The van der Waals surface area contributed by atoms with Crippen LogP contribution in [0.1, 0.15) is 38.8 Å². The summed E-state index contributed by atoms with van der Waals surface area (Å²) in [5, 5.41) is 40.9. The molecule has 0 bridgehead atoms. The average Bonchev–Trinajstić information content (AvgIpc) is 2.72. The van der Waals surface area contributed by atoms with Crippen LogP contribution in [0.3, 0.4) is 0 Å². The molecule has 7 heteroatoms. The fourth-order valence-electron chi connectivity index (χ4n) is 3.19. The van der Waals surface area contributed by atoms with Crippen LogP contribution in [0.5, 0.6) is 0 Å². The normalized spacial score (nSPS) is 15.1. The van der Waals surface area contributed by atoms with Crippen molar-refractivity contribution in [2.75, 3.05) is 26.3 Å². The quantitative estimate of drug-likeness (QED) is 0.597. The number of rotatable bonds is 6. The van der Waals surface area contributed by atoms with Crippen LogP contribution in [0.4, 0.5) is 0 Å². The minimum atomic E-state index is -0.936. The zero-order valence-corrected chi connectivity index (χ0v) is 15.2. The van der Waals surface area contributed by atoms with Crippen molar-refractivity contribution in [3.05, 3.63) is 70.3 Å². The number of carbonyl (C=O) groups excluding carboxylic acids is 1. The SMILES string of the molecule is N#Cc1cccc2c1C=C(c1ccc(C(=O)N(CCO)CCO)cc1)NC2O. The number of hydrogen-bond acceptors (Lipinski definition) is 6. The summed E-state index contributed by atoms with van der Waals surface area (Å²) in [5.74, 6) is -0.280. The molecule has 1 aliphatic heterocycles. The van der Waals surface area contributed by atoms with Gasteiger partial charge in [0.15, 0.2) is 6.23 Å². The van der Waals surface area contributed by atoms with E-state index in [-0.39, 0.29) is 32.2 Å². The number of benzene rings is 2. The molecule has 1 unspecified atom stereocenters. The number of carbonyl (C=O) groups is 1. The van der Waals surface area contributed by atoms with Gasteiger partial charge in [-0.25, -0.2) is 0 Å². The van der Waals surface area contributed by atoms with Crippen molar-refractivity contribution in [3.8, 4) is 6.07 Å². The Labute approximate surface area is 162 Å². The number of nitriles is 1. The maximum Gasteiger partial charge on any atom is 0.254 e. The van der Waals surface area contributed by atoms with Crippen LogP contribution >= 0.6 is 0 Å². The van der Waals surface area contributed by atoms with Gasteiger partial charge in [0.1, 0.15) is 0 Å². The van der Waals surface area contributed by atoms with Crippen molar-refractivity contribution in [1.29, 1.82) is 5.26 Å². The van der Waals surface area contributed by atoms with E-state index in [1.165, 1.54) is 4.90 Å². The van der Waals surface area contributed by atoms with Gasteiger partial charge in [0.05, 0.1) is 24.8 Å². The maximum atomic E-state index is 12.5. The van der Waals surface area contributed by atoms with Gasteiger partial charge < -0.3 is 25.5 Å². The van der Waals surface area contributed by atoms with Gasteiger partial charge >= 0.3 is 0 Å². The van der Waals surface area contributed by atoms with E-state index in [0.717, 1.165) is 5.56 Å². The molecule has 0 radical (unpaired) electrons. The summed E-state index contributed by atoms with van der Waals surface area (Å²) in [5.41, 5.74) is 3.61. The molecule has 4 N–H and O–H groups in total. The van der Waals surface area contributed by atoms with Gasteiger partial charge in [0.25, 0.3) is 5.91 Å². The lowest BCUT2D eigenvalue weighted by atomic mass is 9.94. The van der Waals surface area contributed by atoms with Gasteiger partial charge in [-0.1, -0.05) is 24.3 Å². The third-order valence-corrected chi connectivity index (χ3v) is 4.61. The summed E-state index contributed by atoms with van der Waals surface area (Å²) in [6.45, 7) is -0.0696. The van der Waals surface area contributed by atoms with E-state index in [4.69, 9.17) is 10.2 Å². The zero-order valence-electron chi connectivity index (χ0n) is 15.2. The largest absolute Gasteiger partial charge is 0.395 e. The van der Waals surface area contributed by atoms with Crippen molar-refractivity contribution in [2.24, 2.45) is 0 Å². The van der Waals surface area contributed by atoms with Gasteiger partial charge in [0, 0.05) is 35.5 Å². The fraction of sp³-hybridized carbons (Fsp3) is 0.238. The van der Waals surface area contributed by atoms with Crippen LogP contribution < -0.4 is 5.32 Å². The Bertz CT molecular complexity index is 926. The van der Waals surface area contributed by atoms with E-state index in [9.17, 15) is 15.2 Å². The van der Waals surface area contributed by atoms with Crippen LogP contribution in [0.25, 0.3) is 11.8 Å². The monoisotopic (exact) mass is 379 g/mol. The third-order valence-electron chi connectivity index (χ3n) is 4.61. The Hall–Kier alpha value is -3.18. The highest BCUT2D eigenvalue weighted by molar-refractivity contribution is 5.95. The second-order valence-electron chi connectivity index (χ2n) is 6.34. The van der Waals surface area contributed by atoms with Crippen LogP contribution in [-0.2, 0) is 0 Å². The van der Waals surface area contributed by atoms with E-state index in [0.29, 0.717) is 28.0 Å². The summed E-state index contributed by atoms with van der Waals surface area (Å²) >= 11 is 0. The van der Waals surface area contributed by atoms with Gasteiger partial charge in [0.2, 0.25) is 0 Å². The van der Waals surface area contributed by atoms with Crippen LogP contribution in [0, 0.1) is 11.3 Å². The highest BCUT2D eigenvalue weighted by Crippen LogP contribution is 2.31. The predicted octanol–water partition coefficient (Wildman–Crippen LogP) is 1.08. The Balaban J connectivity index is 1.89. The van der Waals surface area contributed by atoms with Crippen molar-refractivity contribution in [3.63, 3.8) is 0 Å². The first-order valence-electron chi connectivity index (χ1n) is 8.89. The van der Waals surface area contributed by atoms with Gasteiger partial charge in [-0.15, -0.1) is 0 Å². The molecule has 0 aliphatic carbocycles. The summed E-state index contributed by atoms with van der Waals surface area (Å²) in [6.07, 6.45) is 0.871. The average molecular weight is 379 g/mol. The molecular formula is C21H21N3O4. The molecule has 1 heterocycles. The summed E-state index contributed by atoms with van der Waals surface area (Å²) < 4.78 is 0. The van der Waals surface area contributed by atoms with E-state index in [1.54, 1.807) is 48.5 Å². The summed E-state index contributed by atoms with van der Waals surface area (Å²) in [6, 6.07) is 14.1. The molecule has 0 saturated carbocycles. The molecule has 0 spiro atoms. The van der Waals surface area contributed by atoms with E-state index in [2.05, 4.69) is 11.4 Å². The minimum Gasteiger partial charge on any atom is -0.395 e. The van der Waals surface area contributed by atoms with Gasteiger partial charge in [-0.3, -0.25) is 4.79 Å². The first-order valence-corrected chi connectivity index (χ1v) is 8.89. The Morgan fingerprint density at radius 1 is 1.11 bits per heavy atom. The van der Waals surface area contributed by atoms with Gasteiger partial charge in [-0.2, -0.15) is 5.26 Å². The molecule has 2 aromatic carbocycles. The van der Waals surface area contributed by atoms with Crippen molar-refractivity contribution >= 4 is 17.7 Å². The first kappa shape index (κ1) is 19.6. The van der Waals surface area contributed by atoms with Crippen LogP contribution in [-0.4, -0.2) is 52.4 Å². The molecule has 0 saturated heterocycles. The lowest BCUT2D eigenvalue weighted by Gasteiger charge is -2.25. The van der Waals surface area contributed by atoms with Crippen LogP contribution in [0.15, 0.2) is 42.5 Å². The van der Waals surface area contributed by atoms with Crippen molar-refractivity contribution in [1.82, 2.24) is 10.2 Å².